The van der Waals surface area contributed by atoms with Gasteiger partial charge in [0.25, 0.3) is 0 Å². The summed E-state index contributed by atoms with van der Waals surface area (Å²) in [7, 11) is 1.60. The number of allylic oxidation sites excluding steroid dienone is 2. The van der Waals surface area contributed by atoms with Gasteiger partial charge in [-0.3, -0.25) is 9.59 Å². The van der Waals surface area contributed by atoms with Gasteiger partial charge >= 0.3 is 5.97 Å². The molecule has 0 N–H and O–H groups in total. The molecule has 0 bridgehead atoms. The average Bonchev–Trinajstić information content (AvgIpc) is 2.68. The van der Waals surface area contributed by atoms with Crippen molar-refractivity contribution in [3.05, 3.63) is 70.8 Å². The van der Waals surface area contributed by atoms with Crippen molar-refractivity contribution in [1.29, 1.82) is 0 Å². The van der Waals surface area contributed by atoms with Crippen LogP contribution in [0.1, 0.15) is 30.4 Å². The van der Waals surface area contributed by atoms with E-state index in [1.165, 1.54) is 0 Å². The second kappa shape index (κ2) is 8.40. The number of ether oxygens (including phenoxy) is 2. The second-order valence-electron chi connectivity index (χ2n) is 6.39. The van der Waals surface area contributed by atoms with Gasteiger partial charge in [-0.1, -0.05) is 35.9 Å². The van der Waals surface area contributed by atoms with Gasteiger partial charge in [-0.25, -0.2) is 0 Å². The molecule has 1 aliphatic rings. The highest BCUT2D eigenvalue weighted by Gasteiger charge is 2.39. The second-order valence-corrected chi connectivity index (χ2v) is 6.83. The standard InChI is InChI=1S/C22H21ClO4/c1-3-27-22(25)21-19(15-6-10-18(26-2)11-7-15)12-16(13-20(21)24)14-4-8-17(23)9-5-14/h4-11,13,19,21H,3,12H2,1-2H3. The molecule has 0 fully saturated rings. The van der Waals surface area contributed by atoms with Crippen molar-refractivity contribution in [3.8, 4) is 5.75 Å². The van der Waals surface area contributed by atoms with Crippen molar-refractivity contribution < 1.29 is 19.1 Å². The van der Waals surface area contributed by atoms with Crippen LogP contribution in [0, 0.1) is 5.92 Å². The van der Waals surface area contributed by atoms with E-state index in [1.54, 1.807) is 32.2 Å². The van der Waals surface area contributed by atoms with Gasteiger partial charge in [0.15, 0.2) is 5.78 Å². The zero-order chi connectivity index (χ0) is 19.4. The minimum Gasteiger partial charge on any atom is -0.497 e. The minimum atomic E-state index is -0.839. The van der Waals surface area contributed by atoms with Crippen molar-refractivity contribution >= 4 is 28.9 Å². The Kier molecular flexibility index (Phi) is 5.97. The van der Waals surface area contributed by atoms with Crippen molar-refractivity contribution in [2.45, 2.75) is 19.3 Å². The molecule has 2 aromatic rings. The maximum atomic E-state index is 12.8. The smallest absolute Gasteiger partial charge is 0.317 e. The van der Waals surface area contributed by atoms with Crippen LogP contribution in [-0.2, 0) is 14.3 Å². The number of rotatable bonds is 5. The molecule has 0 amide bonds. The van der Waals surface area contributed by atoms with E-state index in [4.69, 9.17) is 21.1 Å². The summed E-state index contributed by atoms with van der Waals surface area (Å²) in [5.41, 5.74) is 2.72. The average molecular weight is 385 g/mol. The van der Waals surface area contributed by atoms with Crippen LogP contribution in [0.4, 0.5) is 0 Å². The van der Waals surface area contributed by atoms with Crippen LogP contribution < -0.4 is 4.74 Å². The Morgan fingerprint density at radius 3 is 2.37 bits per heavy atom. The highest BCUT2D eigenvalue weighted by atomic mass is 35.5. The third-order valence-corrected chi connectivity index (χ3v) is 5.02. The SMILES string of the molecule is CCOC(=O)C1C(=O)C=C(c2ccc(Cl)cc2)CC1c1ccc(OC)cc1. The van der Waals surface area contributed by atoms with Crippen LogP contribution in [0.2, 0.25) is 5.02 Å². The molecule has 0 aliphatic heterocycles. The normalized spacial score (nSPS) is 19.4. The number of benzene rings is 2. The number of methoxy groups -OCH3 is 1. The number of halogens is 1. The molecule has 140 valence electrons. The summed E-state index contributed by atoms with van der Waals surface area (Å²) in [6.45, 7) is 1.98. The van der Waals surface area contributed by atoms with E-state index < -0.39 is 11.9 Å². The Morgan fingerprint density at radius 2 is 1.78 bits per heavy atom. The first kappa shape index (κ1) is 19.2. The number of carbonyl (C=O) groups excluding carboxylic acids is 2. The molecule has 2 aromatic carbocycles. The highest BCUT2D eigenvalue weighted by molar-refractivity contribution is 6.30. The molecule has 0 saturated carbocycles. The Hall–Kier alpha value is -2.59. The number of ketones is 1. The summed E-state index contributed by atoms with van der Waals surface area (Å²) in [5.74, 6) is -1.12. The molecule has 0 heterocycles. The molecule has 27 heavy (non-hydrogen) atoms. The van der Waals surface area contributed by atoms with Crippen molar-refractivity contribution in [1.82, 2.24) is 0 Å². The quantitative estimate of drug-likeness (QED) is 0.555. The first-order chi connectivity index (χ1) is 13.0. The fourth-order valence-corrected chi connectivity index (χ4v) is 3.54. The van der Waals surface area contributed by atoms with E-state index in [0.717, 1.165) is 22.4 Å². The maximum Gasteiger partial charge on any atom is 0.317 e. The number of esters is 1. The summed E-state index contributed by atoms with van der Waals surface area (Å²) in [4.78, 5) is 25.3. The molecule has 5 heteroatoms. The molecule has 1 aliphatic carbocycles. The molecule has 0 saturated heterocycles. The Balaban J connectivity index is 1.99. The van der Waals surface area contributed by atoms with Crippen LogP contribution in [0.5, 0.6) is 5.75 Å². The lowest BCUT2D eigenvalue weighted by Gasteiger charge is -2.29. The van der Waals surface area contributed by atoms with Gasteiger partial charge in [-0.05, 0) is 60.4 Å². The van der Waals surface area contributed by atoms with Crippen molar-refractivity contribution in [2.24, 2.45) is 5.92 Å². The van der Waals surface area contributed by atoms with E-state index in [-0.39, 0.29) is 18.3 Å². The van der Waals surface area contributed by atoms with E-state index in [2.05, 4.69) is 0 Å². The summed E-state index contributed by atoms with van der Waals surface area (Å²) in [6, 6.07) is 14.8. The maximum absolute atomic E-state index is 12.8. The minimum absolute atomic E-state index is 0.231. The van der Waals surface area contributed by atoms with E-state index in [0.29, 0.717) is 11.4 Å². The summed E-state index contributed by atoms with van der Waals surface area (Å²) >= 11 is 5.97. The molecular weight excluding hydrogens is 364 g/mol. The predicted octanol–water partition coefficient (Wildman–Crippen LogP) is 4.67. The molecule has 3 rings (SSSR count). The van der Waals surface area contributed by atoms with Crippen molar-refractivity contribution in [3.63, 3.8) is 0 Å². The lowest BCUT2D eigenvalue weighted by Crippen LogP contribution is -2.34. The zero-order valence-corrected chi connectivity index (χ0v) is 16.0. The monoisotopic (exact) mass is 384 g/mol. The predicted molar refractivity (Wildman–Crippen MR) is 105 cm³/mol. The van der Waals surface area contributed by atoms with Crippen LogP contribution >= 0.6 is 11.6 Å². The lowest BCUT2D eigenvalue weighted by molar-refractivity contribution is -0.151. The molecule has 4 nitrogen and oxygen atoms in total. The van der Waals surface area contributed by atoms with Gasteiger partial charge < -0.3 is 9.47 Å². The van der Waals surface area contributed by atoms with Gasteiger partial charge in [0.05, 0.1) is 13.7 Å². The Morgan fingerprint density at radius 1 is 1.11 bits per heavy atom. The van der Waals surface area contributed by atoms with Gasteiger partial charge in [0.2, 0.25) is 0 Å². The van der Waals surface area contributed by atoms with Crippen LogP contribution in [0.25, 0.3) is 5.57 Å². The van der Waals surface area contributed by atoms with Gasteiger partial charge in [-0.15, -0.1) is 0 Å². The van der Waals surface area contributed by atoms with Gasteiger partial charge in [-0.2, -0.15) is 0 Å². The summed E-state index contributed by atoms with van der Waals surface area (Å²) < 4.78 is 10.4. The molecular formula is C22H21ClO4. The van der Waals surface area contributed by atoms with E-state index >= 15 is 0 Å². The largest absolute Gasteiger partial charge is 0.497 e. The highest BCUT2D eigenvalue weighted by Crippen LogP contribution is 2.40. The zero-order valence-electron chi connectivity index (χ0n) is 15.3. The van der Waals surface area contributed by atoms with Crippen LogP contribution in [0.3, 0.4) is 0 Å². The Labute approximate surface area is 163 Å². The third-order valence-electron chi connectivity index (χ3n) is 4.76. The van der Waals surface area contributed by atoms with Gasteiger partial charge in [0.1, 0.15) is 11.7 Å². The lowest BCUT2D eigenvalue weighted by atomic mass is 9.73. The number of hydrogen-bond donors (Lipinski definition) is 0. The number of hydrogen-bond acceptors (Lipinski definition) is 4. The van der Waals surface area contributed by atoms with Crippen molar-refractivity contribution in [2.75, 3.05) is 13.7 Å². The summed E-state index contributed by atoms with van der Waals surface area (Å²) in [6.07, 6.45) is 2.12. The molecule has 0 spiro atoms. The Bertz CT molecular complexity index is 853. The number of carbonyl (C=O) groups is 2. The summed E-state index contributed by atoms with van der Waals surface area (Å²) in [5, 5.41) is 0.637. The molecule has 2 atom stereocenters. The third kappa shape index (κ3) is 4.22. The van der Waals surface area contributed by atoms with E-state index in [9.17, 15) is 9.59 Å². The fourth-order valence-electron chi connectivity index (χ4n) is 3.41. The van der Waals surface area contributed by atoms with Gasteiger partial charge in [0, 0.05) is 10.9 Å². The first-order valence-electron chi connectivity index (χ1n) is 8.84. The van der Waals surface area contributed by atoms with Crippen LogP contribution in [0.15, 0.2) is 54.6 Å². The topological polar surface area (TPSA) is 52.6 Å². The molecule has 0 radical (unpaired) electrons. The van der Waals surface area contributed by atoms with E-state index in [1.807, 2.05) is 36.4 Å². The molecule has 2 unspecified atom stereocenters. The first-order valence-corrected chi connectivity index (χ1v) is 9.22. The molecule has 0 aromatic heterocycles. The fraction of sp³-hybridized carbons (Fsp3) is 0.273. The van der Waals surface area contributed by atoms with Crippen LogP contribution in [-0.4, -0.2) is 25.5 Å².